The van der Waals surface area contributed by atoms with E-state index in [2.05, 4.69) is 0 Å². The number of anilines is 2. The fourth-order valence-corrected chi connectivity index (χ4v) is 5.10. The third kappa shape index (κ3) is 4.36. The number of amides is 1. The number of halogens is 2. The minimum Gasteiger partial charge on any atom is -0.310 e. The van der Waals surface area contributed by atoms with E-state index >= 15 is 0 Å². The summed E-state index contributed by atoms with van der Waals surface area (Å²) >= 11 is 12.4. The highest BCUT2D eigenvalue weighted by atomic mass is 35.5. The maximum atomic E-state index is 14.1. The van der Waals surface area contributed by atoms with Gasteiger partial charge in [0.05, 0.1) is 0 Å². The molecule has 4 nitrogen and oxygen atoms in total. The number of carbonyl (C=O) groups is 1. The highest BCUT2D eigenvalue weighted by Crippen LogP contribution is 2.35. The molecular weight excluding hydrogens is 467 g/mol. The van der Waals surface area contributed by atoms with Gasteiger partial charge in [0.25, 0.3) is 11.5 Å². The number of hydrogen-bond acceptors (Lipinski definition) is 2. The maximum absolute atomic E-state index is 14.1. The molecule has 0 bridgehead atoms. The highest BCUT2D eigenvalue weighted by molar-refractivity contribution is 6.31. The van der Waals surface area contributed by atoms with Crippen molar-refractivity contribution in [2.45, 2.75) is 38.1 Å². The molecule has 6 heteroatoms. The van der Waals surface area contributed by atoms with Crippen LogP contribution in [0.5, 0.6) is 0 Å². The molecule has 34 heavy (non-hydrogen) atoms. The molecule has 1 amide bonds. The second-order valence-electron chi connectivity index (χ2n) is 8.70. The lowest BCUT2D eigenvalue weighted by Gasteiger charge is -2.28. The van der Waals surface area contributed by atoms with Gasteiger partial charge in [-0.15, -0.1) is 0 Å². The van der Waals surface area contributed by atoms with Crippen molar-refractivity contribution in [3.8, 4) is 0 Å². The quantitative estimate of drug-likeness (QED) is 0.292. The summed E-state index contributed by atoms with van der Waals surface area (Å²) in [5.74, 6) is -0.294. The Morgan fingerprint density at radius 2 is 1.53 bits per heavy atom. The molecule has 1 aliphatic rings. The van der Waals surface area contributed by atoms with E-state index in [1.165, 1.54) is 11.3 Å². The van der Waals surface area contributed by atoms with Crippen LogP contribution < -0.4 is 10.5 Å². The summed E-state index contributed by atoms with van der Waals surface area (Å²) in [5, 5.41) is 2.65. The second-order valence-corrected chi connectivity index (χ2v) is 9.57. The molecule has 0 radical (unpaired) electrons. The molecule has 0 saturated heterocycles. The van der Waals surface area contributed by atoms with Crippen molar-refractivity contribution in [2.24, 2.45) is 0 Å². The molecule has 1 saturated carbocycles. The molecule has 172 valence electrons. The van der Waals surface area contributed by atoms with Crippen LogP contribution in [0.4, 0.5) is 11.4 Å². The SMILES string of the molecule is O=C(c1ccc(Cl)cc1)N(c1ccccc1)c1c(=O)n(C2CCCCC2)cc2cc(Cl)ccc12. The Kier molecular flexibility index (Phi) is 6.44. The third-order valence-corrected chi connectivity index (χ3v) is 6.97. The van der Waals surface area contributed by atoms with Gasteiger partial charge in [0, 0.05) is 44.3 Å². The average molecular weight is 491 g/mol. The van der Waals surface area contributed by atoms with Gasteiger partial charge >= 0.3 is 0 Å². The van der Waals surface area contributed by atoms with Crippen molar-refractivity contribution in [3.63, 3.8) is 0 Å². The fourth-order valence-electron chi connectivity index (χ4n) is 4.80. The normalized spacial score (nSPS) is 14.3. The summed E-state index contributed by atoms with van der Waals surface area (Å²) in [4.78, 5) is 29.5. The first-order chi connectivity index (χ1) is 16.5. The number of benzene rings is 3. The van der Waals surface area contributed by atoms with Crippen molar-refractivity contribution in [1.29, 1.82) is 0 Å². The van der Waals surface area contributed by atoms with Gasteiger partial charge in [-0.2, -0.15) is 0 Å². The van der Waals surface area contributed by atoms with Crippen LogP contribution in [-0.2, 0) is 0 Å². The Bertz CT molecular complexity index is 1390. The van der Waals surface area contributed by atoms with E-state index in [4.69, 9.17) is 23.2 Å². The van der Waals surface area contributed by atoms with Gasteiger partial charge < -0.3 is 4.57 Å². The van der Waals surface area contributed by atoms with Gasteiger partial charge in [-0.25, -0.2) is 0 Å². The fraction of sp³-hybridized carbons (Fsp3) is 0.214. The molecule has 4 aromatic rings. The molecule has 1 aliphatic carbocycles. The Morgan fingerprint density at radius 3 is 2.24 bits per heavy atom. The largest absolute Gasteiger partial charge is 0.310 e. The smallest absolute Gasteiger partial charge is 0.275 e. The average Bonchev–Trinajstić information content (AvgIpc) is 2.87. The Morgan fingerprint density at radius 1 is 0.853 bits per heavy atom. The number of aromatic nitrogens is 1. The van der Waals surface area contributed by atoms with Crippen LogP contribution in [0.3, 0.4) is 0 Å². The van der Waals surface area contributed by atoms with Gasteiger partial charge in [-0.3, -0.25) is 14.5 Å². The maximum Gasteiger partial charge on any atom is 0.275 e. The zero-order valence-electron chi connectivity index (χ0n) is 18.6. The van der Waals surface area contributed by atoms with Gasteiger partial charge in [0.1, 0.15) is 5.69 Å². The Balaban J connectivity index is 1.78. The monoisotopic (exact) mass is 490 g/mol. The molecular formula is C28H24Cl2N2O2. The predicted molar refractivity (Wildman–Crippen MR) is 140 cm³/mol. The molecule has 0 spiro atoms. The number of pyridine rings is 1. The predicted octanol–water partition coefficient (Wildman–Crippen LogP) is 7.79. The molecule has 5 rings (SSSR count). The van der Waals surface area contributed by atoms with Crippen LogP contribution >= 0.6 is 23.2 Å². The first-order valence-electron chi connectivity index (χ1n) is 11.5. The zero-order chi connectivity index (χ0) is 23.7. The summed E-state index contributed by atoms with van der Waals surface area (Å²) in [7, 11) is 0. The molecule has 3 aromatic carbocycles. The van der Waals surface area contributed by atoms with Crippen LogP contribution in [-0.4, -0.2) is 10.5 Å². The van der Waals surface area contributed by atoms with Crippen molar-refractivity contribution in [2.75, 3.05) is 4.90 Å². The second kappa shape index (κ2) is 9.65. The number of hydrogen-bond donors (Lipinski definition) is 0. The number of fused-ring (bicyclic) bond motifs is 1. The van der Waals surface area contributed by atoms with E-state index in [-0.39, 0.29) is 17.5 Å². The lowest BCUT2D eigenvalue weighted by molar-refractivity contribution is 0.0999. The molecule has 0 unspecified atom stereocenters. The number of nitrogens with zero attached hydrogens (tertiary/aromatic N) is 2. The van der Waals surface area contributed by atoms with Gasteiger partial charge in [0.15, 0.2) is 0 Å². The third-order valence-electron chi connectivity index (χ3n) is 6.48. The molecule has 0 N–H and O–H groups in total. The number of carbonyl (C=O) groups excluding carboxylic acids is 1. The van der Waals surface area contributed by atoms with E-state index < -0.39 is 0 Å². The summed E-state index contributed by atoms with van der Waals surface area (Å²) in [6.45, 7) is 0. The summed E-state index contributed by atoms with van der Waals surface area (Å²) in [5.41, 5.74) is 1.24. The van der Waals surface area contributed by atoms with Crippen LogP contribution in [0, 0.1) is 0 Å². The van der Waals surface area contributed by atoms with E-state index in [9.17, 15) is 9.59 Å². The highest BCUT2D eigenvalue weighted by Gasteiger charge is 2.27. The Labute approximate surface area is 208 Å². The van der Waals surface area contributed by atoms with Crippen LogP contribution in [0.15, 0.2) is 83.8 Å². The van der Waals surface area contributed by atoms with Crippen molar-refractivity contribution in [3.05, 3.63) is 105 Å². The lowest BCUT2D eigenvalue weighted by Crippen LogP contribution is -2.35. The molecule has 0 atom stereocenters. The first-order valence-corrected chi connectivity index (χ1v) is 12.3. The van der Waals surface area contributed by atoms with Crippen LogP contribution in [0.2, 0.25) is 10.0 Å². The van der Waals surface area contributed by atoms with Gasteiger partial charge in [-0.1, -0.05) is 66.7 Å². The summed E-state index contributed by atoms with van der Waals surface area (Å²) in [6.07, 6.45) is 7.16. The standard InChI is InChI=1S/C28H24Cl2N2O2/c29-21-13-11-19(12-14-21)27(33)32(24-9-5-2-6-10-24)26-25-16-15-22(30)17-20(25)18-31(28(26)34)23-7-3-1-4-8-23/h2,5-6,9-18,23H,1,3-4,7-8H2. The van der Waals surface area contributed by atoms with E-state index in [1.807, 2.05) is 53.2 Å². The van der Waals surface area contributed by atoms with E-state index in [1.54, 1.807) is 30.3 Å². The Hall–Kier alpha value is -3.08. The topological polar surface area (TPSA) is 42.3 Å². The lowest BCUT2D eigenvalue weighted by atomic mass is 9.95. The van der Waals surface area contributed by atoms with Crippen molar-refractivity contribution >= 4 is 51.3 Å². The molecule has 0 aliphatic heterocycles. The van der Waals surface area contributed by atoms with Crippen molar-refractivity contribution < 1.29 is 4.79 Å². The summed E-state index contributed by atoms with van der Waals surface area (Å²) in [6, 6.07) is 21.6. The van der Waals surface area contributed by atoms with E-state index in [0.717, 1.165) is 31.1 Å². The summed E-state index contributed by atoms with van der Waals surface area (Å²) < 4.78 is 1.82. The molecule has 1 heterocycles. The molecule has 1 aromatic heterocycles. The van der Waals surface area contributed by atoms with Gasteiger partial charge in [-0.05, 0) is 61.4 Å². The van der Waals surface area contributed by atoms with Crippen molar-refractivity contribution in [1.82, 2.24) is 4.57 Å². The van der Waals surface area contributed by atoms with Crippen LogP contribution in [0.1, 0.15) is 48.5 Å². The zero-order valence-corrected chi connectivity index (χ0v) is 20.1. The number of para-hydroxylation sites is 1. The van der Waals surface area contributed by atoms with E-state index in [0.29, 0.717) is 32.4 Å². The van der Waals surface area contributed by atoms with Crippen LogP contribution in [0.25, 0.3) is 10.8 Å². The minimum atomic E-state index is -0.294. The number of rotatable bonds is 4. The molecule has 1 fully saturated rings. The first kappa shape index (κ1) is 22.7. The van der Waals surface area contributed by atoms with Gasteiger partial charge in [0.2, 0.25) is 0 Å². The minimum absolute atomic E-state index is 0.103.